The average Bonchev–Trinajstić information content (AvgIpc) is 2.82. The summed E-state index contributed by atoms with van der Waals surface area (Å²) in [7, 11) is 0. The number of pyridine rings is 1. The maximum atomic E-state index is 12.5. The Morgan fingerprint density at radius 2 is 1.75 bits per heavy atom. The first kappa shape index (κ1) is 22.5. The van der Waals surface area contributed by atoms with E-state index in [4.69, 9.17) is 14.2 Å². The van der Waals surface area contributed by atoms with Crippen molar-refractivity contribution < 1.29 is 23.8 Å². The van der Waals surface area contributed by atoms with Crippen LogP contribution in [0, 0.1) is 0 Å². The lowest BCUT2D eigenvalue weighted by molar-refractivity contribution is 0.0728. The molecule has 0 radical (unpaired) electrons. The van der Waals surface area contributed by atoms with Gasteiger partial charge in [-0.25, -0.2) is 10.2 Å². The molecule has 0 bridgehead atoms. The highest BCUT2D eigenvalue weighted by molar-refractivity contribution is 5.94. The predicted octanol–water partition coefficient (Wildman–Crippen LogP) is 3.86. The van der Waals surface area contributed by atoms with Gasteiger partial charge in [0.05, 0.1) is 30.6 Å². The summed E-state index contributed by atoms with van der Waals surface area (Å²) in [4.78, 5) is 28.4. The van der Waals surface area contributed by atoms with Crippen LogP contribution in [0.5, 0.6) is 17.2 Å². The summed E-state index contributed by atoms with van der Waals surface area (Å²) in [6.45, 7) is 4.64. The van der Waals surface area contributed by atoms with E-state index in [-0.39, 0.29) is 11.7 Å². The Morgan fingerprint density at radius 1 is 0.969 bits per heavy atom. The SMILES string of the molecule is CCOc1ccc(C(=O)Oc2ccc(/C=N/NC(=O)c3cccnc3)cc2OCC)cc1. The molecule has 1 aromatic heterocycles. The van der Waals surface area contributed by atoms with Crippen molar-refractivity contribution in [3.8, 4) is 17.2 Å². The van der Waals surface area contributed by atoms with Crippen molar-refractivity contribution in [2.24, 2.45) is 5.10 Å². The lowest BCUT2D eigenvalue weighted by Crippen LogP contribution is -2.17. The fraction of sp³-hybridized carbons (Fsp3) is 0.167. The molecule has 164 valence electrons. The molecular weight excluding hydrogens is 410 g/mol. The molecule has 1 amide bonds. The Morgan fingerprint density at radius 3 is 2.44 bits per heavy atom. The van der Waals surface area contributed by atoms with Crippen LogP contribution < -0.4 is 19.6 Å². The van der Waals surface area contributed by atoms with Crippen LogP contribution in [-0.2, 0) is 0 Å². The number of carbonyl (C=O) groups is 2. The van der Waals surface area contributed by atoms with E-state index in [9.17, 15) is 9.59 Å². The molecule has 3 aromatic rings. The number of hydrogen-bond acceptors (Lipinski definition) is 7. The minimum atomic E-state index is -0.515. The standard InChI is InChI=1S/C24H23N3O5/c1-3-30-20-10-8-18(9-11-20)24(29)32-21-12-7-17(14-22(21)31-4-2)15-26-27-23(28)19-6-5-13-25-16-19/h5-16H,3-4H2,1-2H3,(H,27,28)/b26-15+. The molecule has 0 unspecified atom stereocenters. The van der Waals surface area contributed by atoms with Crippen LogP contribution in [0.25, 0.3) is 0 Å². The topological polar surface area (TPSA) is 99.1 Å². The van der Waals surface area contributed by atoms with Crippen molar-refractivity contribution in [2.75, 3.05) is 13.2 Å². The first-order chi connectivity index (χ1) is 15.6. The normalized spacial score (nSPS) is 10.6. The molecule has 2 aromatic carbocycles. The number of esters is 1. The molecule has 0 aliphatic carbocycles. The number of rotatable bonds is 9. The first-order valence-corrected chi connectivity index (χ1v) is 10.1. The second kappa shape index (κ2) is 11.3. The van der Waals surface area contributed by atoms with Crippen LogP contribution in [0.3, 0.4) is 0 Å². The summed E-state index contributed by atoms with van der Waals surface area (Å²) >= 11 is 0. The number of hydrazone groups is 1. The van der Waals surface area contributed by atoms with Gasteiger partial charge in [0.15, 0.2) is 11.5 Å². The molecule has 0 atom stereocenters. The summed E-state index contributed by atoms with van der Waals surface area (Å²) in [5.74, 6) is 0.453. The Kier molecular flexibility index (Phi) is 7.91. The van der Waals surface area contributed by atoms with E-state index in [0.29, 0.717) is 41.4 Å². The third-order valence-electron chi connectivity index (χ3n) is 4.17. The highest BCUT2D eigenvalue weighted by Crippen LogP contribution is 2.29. The van der Waals surface area contributed by atoms with Crippen LogP contribution in [-0.4, -0.2) is 36.3 Å². The van der Waals surface area contributed by atoms with E-state index < -0.39 is 5.97 Å². The molecule has 8 heteroatoms. The second-order valence-corrected chi connectivity index (χ2v) is 6.43. The van der Waals surface area contributed by atoms with Gasteiger partial charge in [-0.1, -0.05) is 0 Å². The molecule has 32 heavy (non-hydrogen) atoms. The fourth-order valence-corrected chi connectivity index (χ4v) is 2.70. The van der Waals surface area contributed by atoms with E-state index in [1.165, 1.54) is 12.4 Å². The number of carbonyl (C=O) groups excluding carboxylic acids is 2. The lowest BCUT2D eigenvalue weighted by atomic mass is 10.2. The van der Waals surface area contributed by atoms with Gasteiger partial charge in [0.1, 0.15) is 5.75 Å². The highest BCUT2D eigenvalue weighted by atomic mass is 16.6. The predicted molar refractivity (Wildman–Crippen MR) is 119 cm³/mol. The number of aromatic nitrogens is 1. The number of benzene rings is 2. The smallest absolute Gasteiger partial charge is 0.343 e. The van der Waals surface area contributed by atoms with Gasteiger partial charge in [0.2, 0.25) is 0 Å². The monoisotopic (exact) mass is 433 g/mol. The Balaban J connectivity index is 1.68. The first-order valence-electron chi connectivity index (χ1n) is 10.1. The van der Waals surface area contributed by atoms with Crippen LogP contribution in [0.2, 0.25) is 0 Å². The number of ether oxygens (including phenoxy) is 3. The minimum absolute atomic E-state index is 0.280. The molecule has 1 heterocycles. The Labute approximate surface area is 185 Å². The number of nitrogens with zero attached hydrogens (tertiary/aromatic N) is 2. The van der Waals surface area contributed by atoms with Crippen LogP contribution in [0.1, 0.15) is 40.1 Å². The zero-order valence-corrected chi connectivity index (χ0v) is 17.8. The highest BCUT2D eigenvalue weighted by Gasteiger charge is 2.13. The van der Waals surface area contributed by atoms with Crippen molar-refractivity contribution >= 4 is 18.1 Å². The molecular formula is C24H23N3O5. The van der Waals surface area contributed by atoms with Gasteiger partial charge in [-0.3, -0.25) is 9.78 Å². The van der Waals surface area contributed by atoms with E-state index in [2.05, 4.69) is 15.5 Å². The van der Waals surface area contributed by atoms with Crippen molar-refractivity contribution in [1.29, 1.82) is 0 Å². The summed E-state index contributed by atoms with van der Waals surface area (Å²) in [5, 5.41) is 3.95. The summed E-state index contributed by atoms with van der Waals surface area (Å²) < 4.78 is 16.5. The second-order valence-electron chi connectivity index (χ2n) is 6.43. The largest absolute Gasteiger partial charge is 0.494 e. The molecule has 0 fully saturated rings. The van der Waals surface area contributed by atoms with E-state index >= 15 is 0 Å². The van der Waals surface area contributed by atoms with Gasteiger partial charge in [-0.05, 0) is 74.0 Å². The van der Waals surface area contributed by atoms with Gasteiger partial charge in [0.25, 0.3) is 5.91 Å². The van der Waals surface area contributed by atoms with Gasteiger partial charge >= 0.3 is 5.97 Å². The minimum Gasteiger partial charge on any atom is -0.494 e. The van der Waals surface area contributed by atoms with Crippen molar-refractivity contribution in [3.05, 3.63) is 83.7 Å². The van der Waals surface area contributed by atoms with Gasteiger partial charge < -0.3 is 14.2 Å². The third kappa shape index (κ3) is 6.15. The summed E-state index contributed by atoms with van der Waals surface area (Å²) in [5.41, 5.74) is 3.88. The zero-order chi connectivity index (χ0) is 22.8. The maximum absolute atomic E-state index is 12.5. The van der Waals surface area contributed by atoms with Crippen LogP contribution in [0.15, 0.2) is 72.1 Å². The lowest BCUT2D eigenvalue weighted by Gasteiger charge is -2.11. The molecule has 8 nitrogen and oxygen atoms in total. The average molecular weight is 433 g/mol. The molecule has 0 saturated heterocycles. The summed E-state index contributed by atoms with van der Waals surface area (Å²) in [6, 6.07) is 15.0. The van der Waals surface area contributed by atoms with Gasteiger partial charge in [0, 0.05) is 12.4 Å². The molecule has 3 rings (SSSR count). The van der Waals surface area contributed by atoms with Crippen LogP contribution >= 0.6 is 0 Å². The van der Waals surface area contributed by atoms with Gasteiger partial charge in [-0.2, -0.15) is 5.10 Å². The molecule has 0 saturated carbocycles. The Bertz CT molecular complexity index is 1080. The summed E-state index contributed by atoms with van der Waals surface area (Å²) in [6.07, 6.45) is 4.50. The molecule has 1 N–H and O–H groups in total. The number of nitrogens with one attached hydrogen (secondary N) is 1. The van der Waals surface area contributed by atoms with E-state index in [1.807, 2.05) is 13.8 Å². The van der Waals surface area contributed by atoms with Crippen LogP contribution in [0.4, 0.5) is 0 Å². The van der Waals surface area contributed by atoms with Crippen molar-refractivity contribution in [3.63, 3.8) is 0 Å². The molecule has 0 spiro atoms. The van der Waals surface area contributed by atoms with Crippen molar-refractivity contribution in [1.82, 2.24) is 10.4 Å². The van der Waals surface area contributed by atoms with Gasteiger partial charge in [-0.15, -0.1) is 0 Å². The Hall–Kier alpha value is -4.20. The zero-order valence-electron chi connectivity index (χ0n) is 17.8. The number of hydrogen-bond donors (Lipinski definition) is 1. The number of amides is 1. The quantitative estimate of drug-likeness (QED) is 0.238. The molecule has 0 aliphatic heterocycles. The van der Waals surface area contributed by atoms with E-state index in [1.54, 1.807) is 60.8 Å². The molecule has 0 aliphatic rings. The van der Waals surface area contributed by atoms with Crippen molar-refractivity contribution in [2.45, 2.75) is 13.8 Å². The maximum Gasteiger partial charge on any atom is 0.343 e. The third-order valence-corrected chi connectivity index (χ3v) is 4.17. The van der Waals surface area contributed by atoms with E-state index in [0.717, 1.165) is 0 Å². The fourth-order valence-electron chi connectivity index (χ4n) is 2.70.